The summed E-state index contributed by atoms with van der Waals surface area (Å²) >= 11 is 0. The van der Waals surface area contributed by atoms with E-state index in [1.54, 1.807) is 24.4 Å². The smallest absolute Gasteiger partial charge is 0.395 e. The van der Waals surface area contributed by atoms with E-state index in [-0.39, 0.29) is 11.5 Å². The molecule has 2 N–H and O–H groups in total. The van der Waals surface area contributed by atoms with E-state index in [4.69, 9.17) is 9.47 Å². The fraction of sp³-hybridized carbons (Fsp3) is 0.360. The molecule has 2 saturated heterocycles. The number of benzene rings is 2. The van der Waals surface area contributed by atoms with E-state index < -0.39 is 6.29 Å². The first kappa shape index (κ1) is 23.5. The standard InChI is InChI=1S/C25H26F2N6O4/c26-25(27)36-21-3-1-2-20(23(21)37-25)30-22-4-5-28-24(31-22)29-17-14-18(32-6-10-34-11-7-32)16-19(15-17)33-8-12-35-13-9-33/h1-5,14-16H,6-13H2,(H2,28,29,30,31). The third-order valence-electron chi connectivity index (χ3n) is 6.26. The van der Waals surface area contributed by atoms with E-state index in [0.717, 1.165) is 43.2 Å². The topological polar surface area (TPSA) is 93.2 Å². The maximum atomic E-state index is 13.6. The lowest BCUT2D eigenvalue weighted by Gasteiger charge is -2.33. The second kappa shape index (κ2) is 9.87. The van der Waals surface area contributed by atoms with Gasteiger partial charge in [-0.05, 0) is 36.4 Å². The number of fused-ring (bicyclic) bond motifs is 1. The third kappa shape index (κ3) is 5.30. The summed E-state index contributed by atoms with van der Waals surface area (Å²) in [6.07, 6.45) is -2.12. The molecule has 2 aromatic carbocycles. The van der Waals surface area contributed by atoms with Crippen LogP contribution < -0.4 is 29.9 Å². The molecule has 12 heteroatoms. The average molecular weight is 513 g/mol. The minimum absolute atomic E-state index is 0.0435. The van der Waals surface area contributed by atoms with Crippen LogP contribution in [0.2, 0.25) is 0 Å². The van der Waals surface area contributed by atoms with E-state index >= 15 is 0 Å². The fourth-order valence-corrected chi connectivity index (χ4v) is 4.50. The highest BCUT2D eigenvalue weighted by molar-refractivity contribution is 5.73. The predicted octanol–water partition coefficient (Wildman–Crippen LogP) is 3.96. The Kier molecular flexibility index (Phi) is 6.26. The summed E-state index contributed by atoms with van der Waals surface area (Å²) in [5.41, 5.74) is 3.31. The lowest BCUT2D eigenvalue weighted by molar-refractivity contribution is -0.286. The van der Waals surface area contributed by atoms with E-state index in [9.17, 15) is 8.78 Å². The maximum absolute atomic E-state index is 13.6. The summed E-state index contributed by atoms with van der Waals surface area (Å²) in [7, 11) is 0. The van der Waals surface area contributed by atoms with Gasteiger partial charge in [0.15, 0.2) is 11.5 Å². The number of rotatable bonds is 6. The van der Waals surface area contributed by atoms with Crippen LogP contribution in [0.1, 0.15) is 0 Å². The summed E-state index contributed by atoms with van der Waals surface area (Å²) in [4.78, 5) is 13.5. The van der Waals surface area contributed by atoms with Crippen LogP contribution in [0.15, 0.2) is 48.7 Å². The Labute approximate surface area is 212 Å². The monoisotopic (exact) mass is 512 g/mol. The van der Waals surface area contributed by atoms with Crippen molar-refractivity contribution in [1.29, 1.82) is 0 Å². The second-order valence-electron chi connectivity index (χ2n) is 8.75. The first-order valence-corrected chi connectivity index (χ1v) is 12.1. The van der Waals surface area contributed by atoms with Gasteiger partial charge in [-0.2, -0.15) is 4.98 Å². The summed E-state index contributed by atoms with van der Waals surface area (Å²) in [5.74, 6) is 0.640. The molecule has 0 bridgehead atoms. The van der Waals surface area contributed by atoms with Crippen molar-refractivity contribution in [2.45, 2.75) is 6.29 Å². The molecule has 37 heavy (non-hydrogen) atoms. The van der Waals surface area contributed by atoms with E-state index in [0.29, 0.717) is 43.9 Å². The van der Waals surface area contributed by atoms with Crippen molar-refractivity contribution in [3.8, 4) is 11.5 Å². The van der Waals surface area contributed by atoms with E-state index in [1.165, 1.54) is 6.07 Å². The number of halogens is 2. The fourth-order valence-electron chi connectivity index (χ4n) is 4.50. The van der Waals surface area contributed by atoms with Crippen molar-refractivity contribution in [2.24, 2.45) is 0 Å². The Hall–Kier alpha value is -3.90. The Morgan fingerprint density at radius 2 is 1.49 bits per heavy atom. The lowest BCUT2D eigenvalue weighted by Crippen LogP contribution is -2.38. The minimum atomic E-state index is -3.71. The number of alkyl halides is 2. The Morgan fingerprint density at radius 1 is 0.811 bits per heavy atom. The van der Waals surface area contributed by atoms with Gasteiger partial charge in [0.05, 0.1) is 32.1 Å². The molecule has 0 amide bonds. The van der Waals surface area contributed by atoms with Gasteiger partial charge >= 0.3 is 6.29 Å². The third-order valence-corrected chi connectivity index (χ3v) is 6.26. The van der Waals surface area contributed by atoms with Crippen LogP contribution in [0, 0.1) is 0 Å². The Bertz CT molecular complexity index is 1230. The van der Waals surface area contributed by atoms with Crippen LogP contribution in [-0.2, 0) is 9.47 Å². The van der Waals surface area contributed by atoms with Gasteiger partial charge < -0.3 is 39.4 Å². The SMILES string of the molecule is FC1(F)Oc2cccc(Nc3ccnc(Nc4cc(N5CCOCC5)cc(N5CCOCC5)c4)n3)c2O1. The zero-order chi connectivity index (χ0) is 25.2. The highest BCUT2D eigenvalue weighted by atomic mass is 19.3. The zero-order valence-electron chi connectivity index (χ0n) is 20.0. The molecule has 0 spiro atoms. The van der Waals surface area contributed by atoms with Gasteiger partial charge in [0, 0.05) is 49.4 Å². The minimum Gasteiger partial charge on any atom is -0.395 e. The molecule has 10 nitrogen and oxygen atoms in total. The number of hydrogen-bond acceptors (Lipinski definition) is 10. The molecule has 194 valence electrons. The molecule has 0 atom stereocenters. The molecule has 4 heterocycles. The van der Waals surface area contributed by atoms with Crippen LogP contribution in [0.25, 0.3) is 0 Å². The van der Waals surface area contributed by atoms with Gasteiger partial charge in [-0.15, -0.1) is 8.78 Å². The van der Waals surface area contributed by atoms with Crippen LogP contribution in [0.4, 0.5) is 43.3 Å². The predicted molar refractivity (Wildman–Crippen MR) is 134 cm³/mol. The first-order chi connectivity index (χ1) is 18.0. The molecule has 1 aromatic heterocycles. The largest absolute Gasteiger partial charge is 0.586 e. The van der Waals surface area contributed by atoms with Crippen molar-refractivity contribution >= 4 is 34.5 Å². The molecular weight excluding hydrogens is 486 g/mol. The quantitative estimate of drug-likeness (QED) is 0.506. The zero-order valence-corrected chi connectivity index (χ0v) is 20.0. The average Bonchev–Trinajstić information content (AvgIpc) is 3.25. The Balaban J connectivity index is 1.25. The van der Waals surface area contributed by atoms with E-state index in [2.05, 4.69) is 58.1 Å². The number of anilines is 6. The van der Waals surface area contributed by atoms with Gasteiger partial charge in [-0.25, -0.2) is 4.98 Å². The summed E-state index contributed by atoms with van der Waals surface area (Å²) in [5, 5.41) is 6.32. The van der Waals surface area contributed by atoms with Crippen molar-refractivity contribution in [3.63, 3.8) is 0 Å². The molecule has 0 radical (unpaired) electrons. The number of nitrogens with one attached hydrogen (secondary N) is 2. The molecule has 6 rings (SSSR count). The molecule has 0 saturated carbocycles. The van der Waals surface area contributed by atoms with Crippen molar-refractivity contribution in [2.75, 3.05) is 73.0 Å². The summed E-state index contributed by atoms with van der Waals surface area (Å²) < 4.78 is 47.4. The maximum Gasteiger partial charge on any atom is 0.586 e. The summed E-state index contributed by atoms with van der Waals surface area (Å²) in [6.45, 7) is 6.00. The number of para-hydroxylation sites is 1. The van der Waals surface area contributed by atoms with Crippen molar-refractivity contribution < 1.29 is 27.7 Å². The number of nitrogens with zero attached hydrogens (tertiary/aromatic N) is 4. The number of aromatic nitrogens is 2. The number of hydrogen-bond donors (Lipinski definition) is 2. The molecule has 0 unspecified atom stereocenters. The van der Waals surface area contributed by atoms with Crippen LogP contribution in [-0.4, -0.2) is 68.9 Å². The van der Waals surface area contributed by atoms with Gasteiger partial charge in [-0.1, -0.05) is 6.07 Å². The Morgan fingerprint density at radius 3 is 2.16 bits per heavy atom. The van der Waals surface area contributed by atoms with Gasteiger partial charge in [-0.3, -0.25) is 0 Å². The van der Waals surface area contributed by atoms with Crippen LogP contribution >= 0.6 is 0 Å². The molecule has 2 fully saturated rings. The van der Waals surface area contributed by atoms with Crippen LogP contribution in [0.5, 0.6) is 11.5 Å². The summed E-state index contributed by atoms with van der Waals surface area (Å²) in [6, 6.07) is 12.6. The normalized spacial score (nSPS) is 18.5. The number of morpholine rings is 2. The van der Waals surface area contributed by atoms with Crippen molar-refractivity contribution in [1.82, 2.24) is 9.97 Å². The van der Waals surface area contributed by atoms with Crippen LogP contribution in [0.3, 0.4) is 0 Å². The van der Waals surface area contributed by atoms with Gasteiger partial charge in [0.25, 0.3) is 0 Å². The molecular formula is C25H26F2N6O4. The first-order valence-electron chi connectivity index (χ1n) is 12.1. The highest BCUT2D eigenvalue weighted by Gasteiger charge is 2.44. The van der Waals surface area contributed by atoms with Crippen molar-refractivity contribution in [3.05, 3.63) is 48.7 Å². The van der Waals surface area contributed by atoms with E-state index in [1.807, 2.05) is 0 Å². The van der Waals surface area contributed by atoms with Gasteiger partial charge in [0.1, 0.15) is 5.82 Å². The molecule has 3 aromatic rings. The highest BCUT2D eigenvalue weighted by Crippen LogP contribution is 2.46. The van der Waals surface area contributed by atoms with Gasteiger partial charge in [0.2, 0.25) is 5.95 Å². The molecule has 3 aliphatic rings. The second-order valence-corrected chi connectivity index (χ2v) is 8.75. The molecule has 0 aliphatic carbocycles. The lowest BCUT2D eigenvalue weighted by atomic mass is 10.2. The number of ether oxygens (including phenoxy) is 4. The molecule has 3 aliphatic heterocycles.